The van der Waals surface area contributed by atoms with Gasteiger partial charge in [-0.2, -0.15) is 5.10 Å². The molecule has 6 heteroatoms. The van der Waals surface area contributed by atoms with Crippen LogP contribution in [0.2, 0.25) is 5.02 Å². The van der Waals surface area contributed by atoms with Gasteiger partial charge >= 0.3 is 0 Å². The highest BCUT2D eigenvalue weighted by Crippen LogP contribution is 2.25. The number of anilines is 1. The van der Waals surface area contributed by atoms with Crippen molar-refractivity contribution in [2.24, 2.45) is 7.05 Å². The lowest BCUT2D eigenvalue weighted by Crippen LogP contribution is -2.11. The minimum Gasteiger partial charge on any atom is -0.497 e. The first kappa shape index (κ1) is 12.4. The number of nitrogens with zero attached hydrogens (tertiary/aromatic N) is 2. The van der Waals surface area contributed by atoms with E-state index in [9.17, 15) is 4.79 Å². The summed E-state index contributed by atoms with van der Waals surface area (Å²) in [4.78, 5) is 12.4. The fourth-order valence-corrected chi connectivity index (χ4v) is 1.90. The monoisotopic (exact) mass is 265 g/mol. The molecule has 0 spiro atoms. The average Bonchev–Trinajstić information content (AvgIpc) is 2.69. The number of rotatable bonds is 3. The summed E-state index contributed by atoms with van der Waals surface area (Å²) in [6, 6.07) is 4.90. The molecule has 0 radical (unpaired) electrons. The number of carbonyl (C=O) groups is 1. The fourth-order valence-electron chi connectivity index (χ4n) is 1.65. The van der Waals surface area contributed by atoms with Crippen molar-refractivity contribution in [3.8, 4) is 5.75 Å². The Morgan fingerprint density at radius 1 is 1.50 bits per heavy atom. The number of halogens is 1. The third-order valence-corrected chi connectivity index (χ3v) is 2.89. The van der Waals surface area contributed by atoms with E-state index in [2.05, 4.69) is 5.10 Å². The molecular formula is C12H12ClN3O2. The molecule has 0 fully saturated rings. The van der Waals surface area contributed by atoms with Gasteiger partial charge in [-0.3, -0.25) is 9.48 Å². The van der Waals surface area contributed by atoms with Gasteiger partial charge in [-0.1, -0.05) is 11.6 Å². The molecule has 1 heterocycles. The molecule has 0 saturated heterocycles. The van der Waals surface area contributed by atoms with Crippen molar-refractivity contribution >= 4 is 23.1 Å². The zero-order valence-corrected chi connectivity index (χ0v) is 10.7. The van der Waals surface area contributed by atoms with Gasteiger partial charge in [0.15, 0.2) is 0 Å². The fraction of sp³-hybridized carbons (Fsp3) is 0.167. The predicted octanol–water partition coefficient (Wildman–Crippen LogP) is 1.90. The molecule has 2 rings (SSSR count). The first-order chi connectivity index (χ1) is 8.54. The maximum atomic E-state index is 12.4. The van der Waals surface area contributed by atoms with Crippen molar-refractivity contribution in [3.05, 3.63) is 40.7 Å². The first-order valence-corrected chi connectivity index (χ1v) is 5.58. The van der Waals surface area contributed by atoms with Gasteiger partial charge in [-0.05, 0) is 18.2 Å². The highest BCUT2D eigenvalue weighted by atomic mass is 35.5. The van der Waals surface area contributed by atoms with Crippen molar-refractivity contribution in [1.29, 1.82) is 0 Å². The second-order valence-corrected chi connectivity index (χ2v) is 4.15. The molecule has 18 heavy (non-hydrogen) atoms. The Morgan fingerprint density at radius 3 is 2.78 bits per heavy atom. The maximum absolute atomic E-state index is 12.4. The molecule has 2 aromatic rings. The van der Waals surface area contributed by atoms with E-state index in [0.717, 1.165) is 0 Å². The number of aromatic nitrogens is 2. The summed E-state index contributed by atoms with van der Waals surface area (Å²) in [6.45, 7) is 0. The molecule has 5 nitrogen and oxygen atoms in total. The van der Waals surface area contributed by atoms with Gasteiger partial charge in [0.25, 0.3) is 0 Å². The molecule has 0 saturated carbocycles. The van der Waals surface area contributed by atoms with Crippen LogP contribution >= 0.6 is 11.6 Å². The molecule has 1 aromatic heterocycles. The smallest absolute Gasteiger partial charge is 0.214 e. The summed E-state index contributed by atoms with van der Waals surface area (Å²) in [6.07, 6.45) is 1.42. The normalized spacial score (nSPS) is 10.4. The topological polar surface area (TPSA) is 70.1 Å². The Hall–Kier alpha value is -2.01. The Kier molecular flexibility index (Phi) is 3.25. The zero-order valence-electron chi connectivity index (χ0n) is 9.98. The summed E-state index contributed by atoms with van der Waals surface area (Å²) in [7, 11) is 3.17. The Labute approximate surface area is 109 Å². The zero-order chi connectivity index (χ0) is 13.3. The molecule has 0 bridgehead atoms. The average molecular weight is 266 g/mol. The number of hydrogen-bond acceptors (Lipinski definition) is 4. The number of ketones is 1. The van der Waals surface area contributed by atoms with E-state index >= 15 is 0 Å². The molecule has 0 unspecified atom stereocenters. The lowest BCUT2D eigenvalue weighted by Gasteiger charge is -2.08. The quantitative estimate of drug-likeness (QED) is 0.680. The van der Waals surface area contributed by atoms with Gasteiger partial charge in [0, 0.05) is 12.7 Å². The summed E-state index contributed by atoms with van der Waals surface area (Å²) < 4.78 is 6.49. The summed E-state index contributed by atoms with van der Waals surface area (Å²) in [5.74, 6) is 0.280. The van der Waals surface area contributed by atoms with E-state index < -0.39 is 0 Å². The van der Waals surface area contributed by atoms with Gasteiger partial charge in [-0.25, -0.2) is 0 Å². The maximum Gasteiger partial charge on any atom is 0.214 e. The number of nitrogen functional groups attached to an aromatic ring is 1. The van der Waals surface area contributed by atoms with Crippen LogP contribution in [0.15, 0.2) is 24.4 Å². The van der Waals surface area contributed by atoms with E-state index in [1.807, 2.05) is 0 Å². The Morgan fingerprint density at radius 2 is 2.22 bits per heavy atom. The van der Waals surface area contributed by atoms with Crippen LogP contribution in [0.3, 0.4) is 0 Å². The van der Waals surface area contributed by atoms with E-state index in [1.54, 1.807) is 25.2 Å². The number of benzene rings is 1. The lowest BCUT2D eigenvalue weighted by molar-refractivity contribution is 0.103. The van der Waals surface area contributed by atoms with Crippen LogP contribution in [0.1, 0.15) is 16.1 Å². The third-order valence-electron chi connectivity index (χ3n) is 2.61. The highest BCUT2D eigenvalue weighted by molar-refractivity contribution is 6.34. The van der Waals surface area contributed by atoms with Crippen LogP contribution < -0.4 is 10.5 Å². The molecular weight excluding hydrogens is 254 g/mol. The molecule has 0 aliphatic heterocycles. The van der Waals surface area contributed by atoms with Crippen LogP contribution in [0, 0.1) is 0 Å². The van der Waals surface area contributed by atoms with Gasteiger partial charge in [0.2, 0.25) is 5.78 Å². The van der Waals surface area contributed by atoms with Gasteiger partial charge in [-0.15, -0.1) is 0 Å². The number of nitrogens with two attached hydrogens (primary N) is 1. The van der Waals surface area contributed by atoms with Crippen molar-refractivity contribution < 1.29 is 9.53 Å². The van der Waals surface area contributed by atoms with Crippen molar-refractivity contribution in [2.45, 2.75) is 0 Å². The summed E-state index contributed by atoms with van der Waals surface area (Å²) in [5.41, 5.74) is 6.82. The van der Waals surface area contributed by atoms with Crippen LogP contribution in [-0.2, 0) is 7.05 Å². The van der Waals surface area contributed by atoms with Gasteiger partial charge in [0.05, 0.1) is 23.9 Å². The van der Waals surface area contributed by atoms with E-state index in [1.165, 1.54) is 18.0 Å². The lowest BCUT2D eigenvalue weighted by atomic mass is 10.1. The predicted molar refractivity (Wildman–Crippen MR) is 69.1 cm³/mol. The van der Waals surface area contributed by atoms with E-state index in [4.69, 9.17) is 22.1 Å². The summed E-state index contributed by atoms with van der Waals surface area (Å²) >= 11 is 5.94. The number of ether oxygens (including phenoxy) is 1. The standard InChI is InChI=1S/C12H12ClN3O2/c1-16-11(9(13)6-15-16)12(17)8-5-7(18-2)3-4-10(8)14/h3-6H,14H2,1-2H3. The van der Waals surface area contributed by atoms with E-state index in [0.29, 0.717) is 27.7 Å². The molecule has 0 aliphatic rings. The summed E-state index contributed by atoms with van der Waals surface area (Å²) in [5, 5.41) is 4.22. The minimum atomic E-state index is -0.281. The Bertz CT molecular complexity index is 588. The van der Waals surface area contributed by atoms with Crippen molar-refractivity contribution in [3.63, 3.8) is 0 Å². The molecule has 94 valence electrons. The van der Waals surface area contributed by atoms with Crippen LogP contribution in [0.25, 0.3) is 0 Å². The number of aryl methyl sites for hydroxylation is 1. The van der Waals surface area contributed by atoms with Crippen LogP contribution in [0.5, 0.6) is 5.75 Å². The highest BCUT2D eigenvalue weighted by Gasteiger charge is 2.20. The van der Waals surface area contributed by atoms with Gasteiger partial charge < -0.3 is 10.5 Å². The number of hydrogen-bond donors (Lipinski definition) is 1. The molecule has 0 amide bonds. The van der Waals surface area contributed by atoms with E-state index in [-0.39, 0.29) is 5.78 Å². The second kappa shape index (κ2) is 4.70. The van der Waals surface area contributed by atoms with Crippen molar-refractivity contribution in [1.82, 2.24) is 9.78 Å². The van der Waals surface area contributed by atoms with Crippen LogP contribution in [0.4, 0.5) is 5.69 Å². The number of carbonyl (C=O) groups excluding carboxylic acids is 1. The molecule has 0 atom stereocenters. The minimum absolute atomic E-state index is 0.281. The van der Waals surface area contributed by atoms with Crippen LogP contribution in [-0.4, -0.2) is 22.7 Å². The number of methoxy groups -OCH3 is 1. The molecule has 0 aliphatic carbocycles. The SMILES string of the molecule is COc1ccc(N)c(C(=O)c2c(Cl)cnn2C)c1. The van der Waals surface area contributed by atoms with Crippen molar-refractivity contribution in [2.75, 3.05) is 12.8 Å². The second-order valence-electron chi connectivity index (χ2n) is 3.75. The van der Waals surface area contributed by atoms with Gasteiger partial charge in [0.1, 0.15) is 11.4 Å². The Balaban J connectivity index is 2.52. The first-order valence-electron chi connectivity index (χ1n) is 5.20. The largest absolute Gasteiger partial charge is 0.497 e. The molecule has 2 N–H and O–H groups in total. The third kappa shape index (κ3) is 2.04. The molecule has 1 aromatic carbocycles.